The summed E-state index contributed by atoms with van der Waals surface area (Å²) in [6, 6.07) is -0.746. The molecule has 0 spiro atoms. The Morgan fingerprint density at radius 1 is 1.13 bits per heavy atom. The fraction of sp³-hybridized carbons (Fsp3) is 0.812. The second-order valence-electron chi connectivity index (χ2n) is 7.00. The highest BCUT2D eigenvalue weighted by atomic mass is 16.6. The molecule has 2 amide bonds. The van der Waals surface area contributed by atoms with Gasteiger partial charge in [-0.15, -0.1) is 0 Å². The number of esters is 1. The lowest BCUT2D eigenvalue weighted by molar-refractivity contribution is -0.158. The fourth-order valence-corrected chi connectivity index (χ4v) is 2.54. The predicted molar refractivity (Wildman–Crippen MR) is 82.7 cm³/mol. The number of rotatable bonds is 3. The molecule has 7 heteroatoms. The van der Waals surface area contributed by atoms with Crippen LogP contribution < -0.4 is 0 Å². The minimum atomic E-state index is -0.746. The molecule has 1 saturated heterocycles. The molecule has 0 radical (unpaired) electrons. The maximum absolute atomic E-state index is 12.4. The summed E-state index contributed by atoms with van der Waals surface area (Å²) < 4.78 is 10.4. The van der Waals surface area contributed by atoms with E-state index < -0.39 is 23.7 Å². The highest BCUT2D eigenvalue weighted by Gasteiger charge is 2.43. The zero-order valence-corrected chi connectivity index (χ0v) is 14.3. The molecule has 1 aliphatic heterocycles. The zero-order valence-electron chi connectivity index (χ0n) is 14.3. The summed E-state index contributed by atoms with van der Waals surface area (Å²) in [6.45, 7) is 8.15. The Labute approximate surface area is 136 Å². The SMILES string of the molecule is CCOC(=O)C1CN(C(=O)OC(C)(C)C)CCN1C(=O)C1CC1. The van der Waals surface area contributed by atoms with E-state index in [2.05, 4.69) is 0 Å². The van der Waals surface area contributed by atoms with E-state index in [9.17, 15) is 14.4 Å². The van der Waals surface area contributed by atoms with Crippen LogP contribution in [0.2, 0.25) is 0 Å². The molecule has 2 fully saturated rings. The number of carbonyl (C=O) groups is 3. The summed E-state index contributed by atoms with van der Waals surface area (Å²) >= 11 is 0. The normalized spacial score (nSPS) is 21.8. The highest BCUT2D eigenvalue weighted by molar-refractivity contribution is 5.88. The predicted octanol–water partition coefficient (Wildman–Crippen LogP) is 1.41. The Morgan fingerprint density at radius 3 is 2.30 bits per heavy atom. The first kappa shape index (κ1) is 17.6. The Morgan fingerprint density at radius 2 is 1.78 bits per heavy atom. The summed E-state index contributed by atoms with van der Waals surface area (Å²) in [5.41, 5.74) is -0.600. The van der Waals surface area contributed by atoms with Crippen molar-refractivity contribution in [2.75, 3.05) is 26.2 Å². The monoisotopic (exact) mass is 326 g/mol. The van der Waals surface area contributed by atoms with Crippen molar-refractivity contribution in [1.82, 2.24) is 9.80 Å². The van der Waals surface area contributed by atoms with Crippen LogP contribution in [0, 0.1) is 5.92 Å². The van der Waals surface area contributed by atoms with Gasteiger partial charge in [-0.25, -0.2) is 9.59 Å². The van der Waals surface area contributed by atoms with Crippen LogP contribution in [0.5, 0.6) is 0 Å². The van der Waals surface area contributed by atoms with Crippen molar-refractivity contribution in [3.05, 3.63) is 0 Å². The van der Waals surface area contributed by atoms with Crippen molar-refractivity contribution in [2.24, 2.45) is 5.92 Å². The highest BCUT2D eigenvalue weighted by Crippen LogP contribution is 2.32. The topological polar surface area (TPSA) is 76.2 Å². The van der Waals surface area contributed by atoms with E-state index >= 15 is 0 Å². The molecule has 1 heterocycles. The molecule has 0 bridgehead atoms. The van der Waals surface area contributed by atoms with E-state index in [1.54, 1.807) is 32.6 Å². The van der Waals surface area contributed by atoms with Gasteiger partial charge in [0.15, 0.2) is 0 Å². The molecular formula is C16H26N2O5. The Balaban J connectivity index is 2.07. The first-order valence-corrected chi connectivity index (χ1v) is 8.18. The van der Waals surface area contributed by atoms with Gasteiger partial charge < -0.3 is 19.3 Å². The second-order valence-corrected chi connectivity index (χ2v) is 7.00. The number of hydrogen-bond donors (Lipinski definition) is 0. The fourth-order valence-electron chi connectivity index (χ4n) is 2.54. The quantitative estimate of drug-likeness (QED) is 0.733. The van der Waals surface area contributed by atoms with Gasteiger partial charge in [-0.1, -0.05) is 0 Å². The van der Waals surface area contributed by atoms with E-state index in [0.29, 0.717) is 13.1 Å². The Kier molecular flexibility index (Phi) is 5.16. The van der Waals surface area contributed by atoms with Gasteiger partial charge >= 0.3 is 12.1 Å². The lowest BCUT2D eigenvalue weighted by Gasteiger charge is -2.40. The summed E-state index contributed by atoms with van der Waals surface area (Å²) in [7, 11) is 0. The van der Waals surface area contributed by atoms with Crippen molar-refractivity contribution in [3.8, 4) is 0 Å². The average Bonchev–Trinajstić information content (AvgIpc) is 3.29. The number of ether oxygens (including phenoxy) is 2. The van der Waals surface area contributed by atoms with Gasteiger partial charge in [-0.3, -0.25) is 4.79 Å². The largest absolute Gasteiger partial charge is 0.464 e. The molecule has 1 aliphatic carbocycles. The smallest absolute Gasteiger partial charge is 0.410 e. The van der Waals surface area contributed by atoms with Crippen molar-refractivity contribution in [2.45, 2.75) is 52.2 Å². The van der Waals surface area contributed by atoms with E-state index in [1.807, 2.05) is 0 Å². The standard InChI is InChI=1S/C16H26N2O5/c1-5-22-14(20)12-10-17(15(21)23-16(2,3)4)8-9-18(12)13(19)11-6-7-11/h11-12H,5-10H2,1-4H3. The van der Waals surface area contributed by atoms with Gasteiger partial charge in [0.2, 0.25) is 5.91 Å². The molecule has 1 unspecified atom stereocenters. The van der Waals surface area contributed by atoms with Crippen LogP contribution in [-0.4, -0.2) is 65.7 Å². The second kappa shape index (κ2) is 6.76. The lowest BCUT2D eigenvalue weighted by atomic mass is 10.1. The molecule has 130 valence electrons. The van der Waals surface area contributed by atoms with Crippen LogP contribution in [0.3, 0.4) is 0 Å². The van der Waals surface area contributed by atoms with Crippen LogP contribution in [0.1, 0.15) is 40.5 Å². The molecule has 1 saturated carbocycles. The molecule has 1 atom stereocenters. The van der Waals surface area contributed by atoms with Crippen LogP contribution in [0.4, 0.5) is 4.79 Å². The number of nitrogens with zero attached hydrogens (tertiary/aromatic N) is 2. The van der Waals surface area contributed by atoms with Crippen molar-refractivity contribution < 1.29 is 23.9 Å². The maximum Gasteiger partial charge on any atom is 0.410 e. The van der Waals surface area contributed by atoms with Crippen LogP contribution >= 0.6 is 0 Å². The number of hydrogen-bond acceptors (Lipinski definition) is 5. The Hall–Kier alpha value is -1.79. The molecule has 7 nitrogen and oxygen atoms in total. The molecule has 0 aromatic rings. The molecule has 23 heavy (non-hydrogen) atoms. The molecule has 0 aromatic carbocycles. The van der Waals surface area contributed by atoms with Gasteiger partial charge in [-0.05, 0) is 40.5 Å². The first-order valence-electron chi connectivity index (χ1n) is 8.18. The summed E-state index contributed by atoms with van der Waals surface area (Å²) in [5, 5.41) is 0. The van der Waals surface area contributed by atoms with Crippen LogP contribution in [-0.2, 0) is 19.1 Å². The Bertz CT molecular complexity index is 481. The summed E-state index contributed by atoms with van der Waals surface area (Å²) in [5.74, 6) is -0.443. The summed E-state index contributed by atoms with van der Waals surface area (Å²) in [4.78, 5) is 39.8. The third-order valence-corrected chi connectivity index (χ3v) is 3.80. The zero-order chi connectivity index (χ0) is 17.2. The third kappa shape index (κ3) is 4.59. The van der Waals surface area contributed by atoms with Gasteiger partial charge in [-0.2, -0.15) is 0 Å². The van der Waals surface area contributed by atoms with Crippen molar-refractivity contribution in [3.63, 3.8) is 0 Å². The van der Waals surface area contributed by atoms with Gasteiger partial charge in [0.05, 0.1) is 13.2 Å². The minimum Gasteiger partial charge on any atom is -0.464 e. The number of piperazine rings is 1. The van der Waals surface area contributed by atoms with E-state index in [1.165, 1.54) is 4.90 Å². The maximum atomic E-state index is 12.4. The van der Waals surface area contributed by atoms with E-state index in [-0.39, 0.29) is 25.0 Å². The number of amides is 2. The third-order valence-electron chi connectivity index (χ3n) is 3.80. The van der Waals surface area contributed by atoms with Crippen molar-refractivity contribution in [1.29, 1.82) is 0 Å². The van der Waals surface area contributed by atoms with E-state index in [4.69, 9.17) is 9.47 Å². The first-order chi connectivity index (χ1) is 10.7. The van der Waals surface area contributed by atoms with Crippen molar-refractivity contribution >= 4 is 18.0 Å². The minimum absolute atomic E-state index is 0.00751. The molecule has 0 N–H and O–H groups in total. The summed E-state index contributed by atoms with van der Waals surface area (Å²) in [6.07, 6.45) is 1.28. The molecule has 0 aromatic heterocycles. The lowest BCUT2D eigenvalue weighted by Crippen LogP contribution is -2.60. The van der Waals surface area contributed by atoms with Crippen LogP contribution in [0.25, 0.3) is 0 Å². The van der Waals surface area contributed by atoms with Gasteiger partial charge in [0.1, 0.15) is 11.6 Å². The van der Waals surface area contributed by atoms with Crippen LogP contribution in [0.15, 0.2) is 0 Å². The van der Waals surface area contributed by atoms with E-state index in [0.717, 1.165) is 12.8 Å². The molecule has 2 aliphatic rings. The molecule has 2 rings (SSSR count). The number of carbonyl (C=O) groups excluding carboxylic acids is 3. The molecular weight excluding hydrogens is 300 g/mol. The van der Waals surface area contributed by atoms with Gasteiger partial charge in [0.25, 0.3) is 0 Å². The van der Waals surface area contributed by atoms with Gasteiger partial charge in [0, 0.05) is 19.0 Å². The average molecular weight is 326 g/mol.